The Labute approximate surface area is 142 Å². The first-order chi connectivity index (χ1) is 11.1. The quantitative estimate of drug-likeness (QED) is 0.780. The van der Waals surface area contributed by atoms with E-state index in [9.17, 15) is 4.79 Å². The van der Waals surface area contributed by atoms with Crippen LogP contribution in [0.5, 0.6) is 0 Å². The highest BCUT2D eigenvalue weighted by Gasteiger charge is 2.43. The predicted molar refractivity (Wildman–Crippen MR) is 101 cm³/mol. The molecule has 0 unspecified atom stereocenters. The number of nitrogens with one attached hydrogen (secondary N) is 1. The number of likely N-dealkylation sites (tertiary alicyclic amines) is 1. The molecule has 0 aromatic carbocycles. The standard InChI is InChI=1S/C16H22N2O.2C2H6/c1-4-6-7-14-13(5-2)12-16(15(19)17-14)8-10-18(3)11-9-16;2*1-2/h4-7H,1-2,8-12H2,3H3,(H,17,19);2*1-2H3/b7-6-;;. The monoisotopic (exact) mass is 318 g/mol. The average Bonchev–Trinajstić information content (AvgIpc) is 2.61. The molecule has 1 fully saturated rings. The van der Waals surface area contributed by atoms with Gasteiger partial charge in [0.1, 0.15) is 0 Å². The summed E-state index contributed by atoms with van der Waals surface area (Å²) >= 11 is 0. The summed E-state index contributed by atoms with van der Waals surface area (Å²) in [5.41, 5.74) is 1.76. The second-order valence-corrected chi connectivity index (χ2v) is 5.45. The van der Waals surface area contributed by atoms with Crippen LogP contribution in [-0.4, -0.2) is 30.9 Å². The molecule has 0 radical (unpaired) electrons. The number of hydrogen-bond donors (Lipinski definition) is 1. The maximum Gasteiger partial charge on any atom is 0.231 e. The van der Waals surface area contributed by atoms with Crippen molar-refractivity contribution in [2.24, 2.45) is 5.41 Å². The summed E-state index contributed by atoms with van der Waals surface area (Å²) in [6.07, 6.45) is 9.95. The van der Waals surface area contributed by atoms with Crippen LogP contribution in [0.25, 0.3) is 0 Å². The molecule has 0 aromatic heterocycles. The summed E-state index contributed by atoms with van der Waals surface area (Å²) in [6.45, 7) is 17.5. The minimum absolute atomic E-state index is 0.162. The molecule has 2 heterocycles. The third-order valence-electron chi connectivity index (χ3n) is 4.19. The van der Waals surface area contributed by atoms with Gasteiger partial charge in [-0.1, -0.05) is 59.1 Å². The van der Waals surface area contributed by atoms with Gasteiger partial charge in [0, 0.05) is 5.70 Å². The van der Waals surface area contributed by atoms with E-state index in [0.717, 1.165) is 43.6 Å². The van der Waals surface area contributed by atoms with Gasteiger partial charge in [-0.3, -0.25) is 4.79 Å². The van der Waals surface area contributed by atoms with Gasteiger partial charge in [0.15, 0.2) is 0 Å². The van der Waals surface area contributed by atoms with E-state index in [1.54, 1.807) is 6.08 Å². The lowest BCUT2D eigenvalue weighted by molar-refractivity contribution is -0.133. The number of nitrogens with zero attached hydrogens (tertiary/aromatic N) is 1. The Morgan fingerprint density at radius 1 is 1.13 bits per heavy atom. The highest BCUT2D eigenvalue weighted by molar-refractivity contribution is 5.87. The van der Waals surface area contributed by atoms with Gasteiger partial charge in [-0.2, -0.15) is 0 Å². The van der Waals surface area contributed by atoms with E-state index < -0.39 is 0 Å². The molecule has 0 aliphatic carbocycles. The van der Waals surface area contributed by atoms with Crippen molar-refractivity contribution < 1.29 is 4.79 Å². The van der Waals surface area contributed by atoms with Crippen molar-refractivity contribution in [3.8, 4) is 0 Å². The molecule has 1 saturated heterocycles. The molecule has 0 atom stereocenters. The summed E-state index contributed by atoms with van der Waals surface area (Å²) < 4.78 is 0. The molecule has 0 bridgehead atoms. The van der Waals surface area contributed by atoms with Gasteiger partial charge in [0.2, 0.25) is 5.91 Å². The molecule has 1 spiro atoms. The first-order valence-corrected chi connectivity index (χ1v) is 8.76. The minimum atomic E-state index is -0.235. The third-order valence-corrected chi connectivity index (χ3v) is 4.19. The number of rotatable bonds is 3. The van der Waals surface area contributed by atoms with Crippen molar-refractivity contribution in [2.45, 2.75) is 47.0 Å². The van der Waals surface area contributed by atoms with E-state index in [-0.39, 0.29) is 11.3 Å². The summed E-state index contributed by atoms with van der Waals surface area (Å²) in [4.78, 5) is 14.7. The van der Waals surface area contributed by atoms with Gasteiger partial charge in [-0.25, -0.2) is 0 Å². The van der Waals surface area contributed by atoms with Crippen LogP contribution in [0.2, 0.25) is 0 Å². The smallest absolute Gasteiger partial charge is 0.231 e. The molecule has 1 amide bonds. The maximum atomic E-state index is 12.5. The predicted octanol–water partition coefficient (Wildman–Crippen LogP) is 4.45. The molecule has 2 aliphatic rings. The average molecular weight is 319 g/mol. The van der Waals surface area contributed by atoms with Crippen LogP contribution in [-0.2, 0) is 4.79 Å². The number of hydrogen-bond acceptors (Lipinski definition) is 2. The molecule has 0 saturated carbocycles. The maximum absolute atomic E-state index is 12.5. The van der Waals surface area contributed by atoms with Crippen molar-refractivity contribution in [1.29, 1.82) is 0 Å². The van der Waals surface area contributed by atoms with E-state index in [4.69, 9.17) is 0 Å². The van der Waals surface area contributed by atoms with Gasteiger partial charge >= 0.3 is 0 Å². The molecule has 3 nitrogen and oxygen atoms in total. The van der Waals surface area contributed by atoms with Gasteiger partial charge in [-0.15, -0.1) is 0 Å². The zero-order valence-corrected chi connectivity index (χ0v) is 15.6. The summed E-state index contributed by atoms with van der Waals surface area (Å²) in [5.74, 6) is 0.162. The highest BCUT2D eigenvalue weighted by atomic mass is 16.2. The Bertz CT molecular complexity index is 452. The Morgan fingerprint density at radius 3 is 2.17 bits per heavy atom. The van der Waals surface area contributed by atoms with Crippen molar-refractivity contribution in [3.63, 3.8) is 0 Å². The summed E-state index contributed by atoms with van der Waals surface area (Å²) in [7, 11) is 2.11. The number of carbonyl (C=O) groups excluding carboxylic acids is 1. The topological polar surface area (TPSA) is 32.3 Å². The van der Waals surface area contributed by atoms with Crippen LogP contribution in [0.4, 0.5) is 0 Å². The Hall–Kier alpha value is -1.61. The van der Waals surface area contributed by atoms with E-state index in [1.165, 1.54) is 0 Å². The van der Waals surface area contributed by atoms with Gasteiger partial charge in [-0.05, 0) is 51.0 Å². The summed E-state index contributed by atoms with van der Waals surface area (Å²) in [6, 6.07) is 0. The van der Waals surface area contributed by atoms with E-state index in [1.807, 2.05) is 45.9 Å². The lowest BCUT2D eigenvalue weighted by Crippen LogP contribution is -2.50. The molecule has 2 rings (SSSR count). The van der Waals surface area contributed by atoms with Crippen LogP contribution < -0.4 is 5.32 Å². The van der Waals surface area contributed by atoms with E-state index in [0.29, 0.717) is 0 Å². The number of allylic oxidation sites excluding steroid dienone is 5. The second kappa shape index (κ2) is 11.0. The Kier molecular flexibility index (Phi) is 10.2. The minimum Gasteiger partial charge on any atom is -0.325 e. The van der Waals surface area contributed by atoms with E-state index >= 15 is 0 Å². The van der Waals surface area contributed by atoms with Crippen molar-refractivity contribution >= 4 is 5.91 Å². The lowest BCUT2D eigenvalue weighted by atomic mass is 9.71. The number of carbonyl (C=O) groups is 1. The van der Waals surface area contributed by atoms with Gasteiger partial charge in [0.25, 0.3) is 0 Å². The third kappa shape index (κ3) is 5.51. The fraction of sp³-hybridized carbons (Fsp3) is 0.550. The van der Waals surface area contributed by atoms with Crippen LogP contribution in [0, 0.1) is 5.41 Å². The molecule has 0 aromatic rings. The molecular formula is C20H34N2O. The van der Waals surface area contributed by atoms with Crippen LogP contribution >= 0.6 is 0 Å². The number of amides is 1. The SMILES string of the molecule is C=C/C=C\C1=C(C=C)CC2(CCN(C)CC2)C(=O)N1.CC.CC. The largest absolute Gasteiger partial charge is 0.325 e. The molecule has 130 valence electrons. The summed E-state index contributed by atoms with van der Waals surface area (Å²) in [5, 5.41) is 3.04. The molecular weight excluding hydrogens is 284 g/mol. The van der Waals surface area contributed by atoms with Gasteiger partial charge in [0.05, 0.1) is 5.41 Å². The fourth-order valence-electron chi connectivity index (χ4n) is 2.82. The zero-order valence-electron chi connectivity index (χ0n) is 15.6. The Morgan fingerprint density at radius 2 is 1.70 bits per heavy atom. The lowest BCUT2D eigenvalue weighted by Gasteiger charge is -2.42. The fourth-order valence-corrected chi connectivity index (χ4v) is 2.82. The molecule has 2 aliphatic heterocycles. The first kappa shape index (κ1) is 21.4. The van der Waals surface area contributed by atoms with Crippen LogP contribution in [0.3, 0.4) is 0 Å². The molecule has 3 heteroatoms. The molecule has 1 N–H and O–H groups in total. The zero-order chi connectivity index (χ0) is 17.9. The number of piperidine rings is 1. The highest BCUT2D eigenvalue weighted by Crippen LogP contribution is 2.41. The molecule has 23 heavy (non-hydrogen) atoms. The normalized spacial score (nSPS) is 20.1. The van der Waals surface area contributed by atoms with Crippen molar-refractivity contribution in [3.05, 3.63) is 48.7 Å². The van der Waals surface area contributed by atoms with Crippen LogP contribution in [0.15, 0.2) is 48.7 Å². The van der Waals surface area contributed by atoms with Gasteiger partial charge < -0.3 is 10.2 Å². The van der Waals surface area contributed by atoms with Crippen molar-refractivity contribution in [1.82, 2.24) is 10.2 Å². The second-order valence-electron chi connectivity index (χ2n) is 5.45. The van der Waals surface area contributed by atoms with Crippen LogP contribution in [0.1, 0.15) is 47.0 Å². The first-order valence-electron chi connectivity index (χ1n) is 8.76. The Balaban J connectivity index is 0.00000112. The van der Waals surface area contributed by atoms with E-state index in [2.05, 4.69) is 30.4 Å². The van der Waals surface area contributed by atoms with Crippen molar-refractivity contribution in [2.75, 3.05) is 20.1 Å².